The molecule has 1 aromatic carbocycles. The summed E-state index contributed by atoms with van der Waals surface area (Å²) in [5.41, 5.74) is 0.851. The van der Waals surface area contributed by atoms with Gasteiger partial charge in [-0.2, -0.15) is 8.78 Å². The molecule has 0 bridgehead atoms. The van der Waals surface area contributed by atoms with Gasteiger partial charge in [0.15, 0.2) is 6.61 Å². The topological polar surface area (TPSA) is 52.6 Å². The molecule has 0 fully saturated rings. The molecule has 4 nitrogen and oxygen atoms in total. The van der Waals surface area contributed by atoms with E-state index in [2.05, 4.69) is 4.74 Å². The van der Waals surface area contributed by atoms with Crippen molar-refractivity contribution in [2.24, 2.45) is 0 Å². The molecule has 1 rings (SSSR count). The average molecular weight is 364 g/mol. The van der Waals surface area contributed by atoms with Crippen LogP contribution in [0.3, 0.4) is 0 Å². The van der Waals surface area contributed by atoms with E-state index < -0.39 is 30.9 Å². The van der Waals surface area contributed by atoms with E-state index in [4.69, 9.17) is 4.74 Å². The first-order chi connectivity index (χ1) is 11.6. The van der Waals surface area contributed by atoms with Gasteiger partial charge in [0.25, 0.3) is 0 Å². The first-order valence-corrected chi connectivity index (χ1v) is 7.74. The Morgan fingerprint density at radius 2 is 1.68 bits per heavy atom. The zero-order valence-corrected chi connectivity index (χ0v) is 13.9. The molecule has 0 N–H and O–H groups in total. The van der Waals surface area contributed by atoms with Crippen molar-refractivity contribution in [2.45, 2.75) is 51.4 Å². The first-order valence-electron chi connectivity index (χ1n) is 7.74. The summed E-state index contributed by atoms with van der Waals surface area (Å²) >= 11 is 0. The van der Waals surface area contributed by atoms with E-state index in [1.54, 1.807) is 12.1 Å². The fourth-order valence-electron chi connectivity index (χ4n) is 1.91. The number of carbonyl (C=O) groups is 2. The Morgan fingerprint density at radius 3 is 2.28 bits per heavy atom. The van der Waals surface area contributed by atoms with E-state index in [1.165, 1.54) is 0 Å². The van der Waals surface area contributed by atoms with Crippen LogP contribution in [-0.2, 0) is 14.3 Å². The molecule has 0 atom stereocenters. The molecule has 0 aliphatic rings. The third-order valence-electron chi connectivity index (χ3n) is 3.27. The Morgan fingerprint density at radius 1 is 1.08 bits per heavy atom. The quantitative estimate of drug-likeness (QED) is 0.372. The number of benzene rings is 1. The number of ether oxygens (including phenoxy) is 2. The van der Waals surface area contributed by atoms with Gasteiger partial charge in [-0.05, 0) is 24.0 Å². The predicted molar refractivity (Wildman–Crippen MR) is 81.9 cm³/mol. The lowest BCUT2D eigenvalue weighted by atomic mass is 10.0. The minimum absolute atomic E-state index is 0.00175. The number of carbonyl (C=O) groups excluding carboxylic acids is 2. The molecule has 0 amide bonds. The van der Waals surface area contributed by atoms with Crippen molar-refractivity contribution in [2.75, 3.05) is 6.61 Å². The van der Waals surface area contributed by atoms with E-state index in [9.17, 15) is 27.2 Å². The number of halogens is 4. The molecule has 0 saturated heterocycles. The van der Waals surface area contributed by atoms with Crippen LogP contribution in [0.15, 0.2) is 24.3 Å². The van der Waals surface area contributed by atoms with Gasteiger partial charge in [-0.3, -0.25) is 9.59 Å². The maximum absolute atomic E-state index is 12.6. The average Bonchev–Trinajstić information content (AvgIpc) is 2.53. The van der Waals surface area contributed by atoms with Gasteiger partial charge in [0.1, 0.15) is 5.75 Å². The van der Waals surface area contributed by atoms with Gasteiger partial charge in [-0.25, -0.2) is 8.78 Å². The Balaban J connectivity index is 2.37. The molecular formula is C17H20F4O4. The van der Waals surface area contributed by atoms with Crippen molar-refractivity contribution in [1.29, 1.82) is 0 Å². The van der Waals surface area contributed by atoms with Crippen LogP contribution in [0.5, 0.6) is 5.75 Å². The zero-order chi connectivity index (χ0) is 19.0. The molecular weight excluding hydrogens is 344 g/mol. The van der Waals surface area contributed by atoms with Gasteiger partial charge >= 0.3 is 24.3 Å². The highest BCUT2D eigenvalue weighted by molar-refractivity contribution is 5.74. The van der Waals surface area contributed by atoms with Gasteiger partial charge in [-0.1, -0.05) is 32.0 Å². The van der Waals surface area contributed by atoms with Gasteiger partial charge in [0.05, 0.1) is 0 Å². The molecule has 0 unspecified atom stereocenters. The number of hydrogen-bond donors (Lipinski definition) is 0. The van der Waals surface area contributed by atoms with Gasteiger partial charge in [-0.15, -0.1) is 0 Å². The highest BCUT2D eigenvalue weighted by Gasteiger charge is 2.42. The van der Waals surface area contributed by atoms with Crippen LogP contribution in [0.4, 0.5) is 17.6 Å². The Bertz CT molecular complexity index is 588. The van der Waals surface area contributed by atoms with Gasteiger partial charge in [0.2, 0.25) is 0 Å². The molecule has 25 heavy (non-hydrogen) atoms. The molecule has 0 aliphatic heterocycles. The van der Waals surface area contributed by atoms with E-state index >= 15 is 0 Å². The molecule has 0 radical (unpaired) electrons. The Hall–Kier alpha value is -2.12. The summed E-state index contributed by atoms with van der Waals surface area (Å²) in [4.78, 5) is 23.0. The van der Waals surface area contributed by atoms with E-state index in [-0.39, 0.29) is 25.2 Å². The monoisotopic (exact) mass is 364 g/mol. The van der Waals surface area contributed by atoms with Gasteiger partial charge in [0, 0.05) is 12.8 Å². The van der Waals surface area contributed by atoms with Crippen LogP contribution < -0.4 is 4.74 Å². The molecule has 0 heterocycles. The highest BCUT2D eigenvalue weighted by Crippen LogP contribution is 2.26. The summed E-state index contributed by atoms with van der Waals surface area (Å²) in [6.45, 7) is 2.20. The van der Waals surface area contributed by atoms with Crippen LogP contribution in [0, 0.1) is 0 Å². The van der Waals surface area contributed by atoms with Crippen molar-refractivity contribution < 1.29 is 36.6 Å². The first kappa shape index (κ1) is 20.9. The lowest BCUT2D eigenvalue weighted by molar-refractivity contribution is -0.179. The fourth-order valence-corrected chi connectivity index (χ4v) is 1.91. The minimum Gasteiger partial charge on any atom is -0.459 e. The predicted octanol–water partition coefficient (Wildman–Crippen LogP) is 4.33. The SMILES string of the molecule is CC(C)c1ccccc1OC(=O)CCCC(=O)OCC(F)(F)C(F)F. The second kappa shape index (κ2) is 9.39. The van der Waals surface area contributed by atoms with Crippen LogP contribution in [0.1, 0.15) is 44.6 Å². The molecule has 140 valence electrons. The van der Waals surface area contributed by atoms with Crippen LogP contribution in [-0.4, -0.2) is 30.9 Å². The van der Waals surface area contributed by atoms with Gasteiger partial charge < -0.3 is 9.47 Å². The molecule has 0 saturated carbocycles. The minimum atomic E-state index is -4.38. The summed E-state index contributed by atoms with van der Waals surface area (Å²) in [6, 6.07) is 7.01. The Kier molecular flexibility index (Phi) is 7.86. The highest BCUT2D eigenvalue weighted by atomic mass is 19.3. The third kappa shape index (κ3) is 7.11. The van der Waals surface area contributed by atoms with Crippen molar-refractivity contribution in [3.63, 3.8) is 0 Å². The lowest BCUT2D eigenvalue weighted by Gasteiger charge is -2.15. The lowest BCUT2D eigenvalue weighted by Crippen LogP contribution is -2.33. The largest absolute Gasteiger partial charge is 0.459 e. The summed E-state index contributed by atoms with van der Waals surface area (Å²) < 4.78 is 58.4. The maximum Gasteiger partial charge on any atom is 0.340 e. The molecule has 1 aromatic rings. The molecule has 0 spiro atoms. The Labute approximate surface area is 143 Å². The molecule has 8 heteroatoms. The second-order valence-electron chi connectivity index (χ2n) is 5.74. The summed E-state index contributed by atoms with van der Waals surface area (Å²) in [7, 11) is 0. The normalized spacial score (nSPS) is 11.7. The summed E-state index contributed by atoms with van der Waals surface area (Å²) in [5.74, 6) is -5.47. The zero-order valence-electron chi connectivity index (χ0n) is 13.9. The maximum atomic E-state index is 12.6. The van der Waals surface area contributed by atoms with E-state index in [0.717, 1.165) is 5.56 Å². The number of alkyl halides is 4. The number of hydrogen-bond acceptors (Lipinski definition) is 4. The van der Waals surface area contributed by atoms with E-state index in [0.29, 0.717) is 5.75 Å². The van der Waals surface area contributed by atoms with Crippen LogP contribution >= 0.6 is 0 Å². The third-order valence-corrected chi connectivity index (χ3v) is 3.27. The van der Waals surface area contributed by atoms with Crippen LogP contribution in [0.2, 0.25) is 0 Å². The van der Waals surface area contributed by atoms with Crippen molar-refractivity contribution in [3.8, 4) is 5.75 Å². The standard InChI is InChI=1S/C17H20F4O4/c1-11(2)12-6-3-4-7-13(12)25-15(23)9-5-8-14(22)24-10-17(20,21)16(18)19/h3-4,6-7,11,16H,5,8-10H2,1-2H3. The number of rotatable bonds is 9. The summed E-state index contributed by atoms with van der Waals surface area (Å²) in [5, 5.41) is 0. The van der Waals surface area contributed by atoms with Crippen molar-refractivity contribution in [3.05, 3.63) is 29.8 Å². The van der Waals surface area contributed by atoms with E-state index in [1.807, 2.05) is 26.0 Å². The summed E-state index contributed by atoms with van der Waals surface area (Å²) in [6.07, 6.45) is -4.38. The second-order valence-corrected chi connectivity index (χ2v) is 5.74. The van der Waals surface area contributed by atoms with Crippen molar-refractivity contribution in [1.82, 2.24) is 0 Å². The van der Waals surface area contributed by atoms with Crippen molar-refractivity contribution >= 4 is 11.9 Å². The molecule has 0 aliphatic carbocycles. The smallest absolute Gasteiger partial charge is 0.340 e. The fraction of sp³-hybridized carbons (Fsp3) is 0.529. The number of esters is 2. The molecule has 0 aromatic heterocycles. The van der Waals surface area contributed by atoms with Crippen LogP contribution in [0.25, 0.3) is 0 Å². The number of para-hydroxylation sites is 1.